The summed E-state index contributed by atoms with van der Waals surface area (Å²) in [5.41, 5.74) is 0.603. The molecular weight excluding hydrogens is 343 g/mol. The maximum Gasteiger partial charge on any atom is 0.307 e. The third kappa shape index (κ3) is 5.15. The first-order valence-electron chi connectivity index (χ1n) is 7.63. The summed E-state index contributed by atoms with van der Waals surface area (Å²) in [6.45, 7) is -0.0560. The number of rotatable bonds is 7. The van der Waals surface area contributed by atoms with Gasteiger partial charge in [0, 0.05) is 16.2 Å². The Labute approximate surface area is 148 Å². The van der Waals surface area contributed by atoms with Crippen molar-refractivity contribution in [1.29, 1.82) is 0 Å². The van der Waals surface area contributed by atoms with E-state index in [-0.39, 0.29) is 30.1 Å². The van der Waals surface area contributed by atoms with E-state index in [9.17, 15) is 9.18 Å². The molecule has 0 N–H and O–H groups in total. The number of hydrogen-bond donors (Lipinski definition) is 0. The van der Waals surface area contributed by atoms with Gasteiger partial charge in [-0.05, 0) is 36.4 Å². The molecule has 0 atom stereocenters. The molecule has 3 aromatic rings. The molecule has 0 aliphatic heterocycles. The zero-order valence-electron chi connectivity index (χ0n) is 13.2. The summed E-state index contributed by atoms with van der Waals surface area (Å²) < 4.78 is 23.1. The van der Waals surface area contributed by atoms with Gasteiger partial charge in [0.25, 0.3) is 5.89 Å². The van der Waals surface area contributed by atoms with Crippen molar-refractivity contribution in [3.8, 4) is 11.5 Å². The van der Waals surface area contributed by atoms with Crippen molar-refractivity contribution < 1.29 is 18.4 Å². The molecule has 0 unspecified atom stereocenters. The fraction of sp³-hybridized carbons (Fsp3) is 0.167. The van der Waals surface area contributed by atoms with E-state index in [1.165, 1.54) is 12.1 Å². The van der Waals surface area contributed by atoms with E-state index < -0.39 is 0 Å². The topological polar surface area (TPSA) is 65.2 Å². The molecule has 7 heteroatoms. The lowest BCUT2D eigenvalue weighted by Crippen LogP contribution is -2.06. The Hall–Kier alpha value is -2.67. The number of hydrogen-bond acceptors (Lipinski definition) is 6. The number of carbonyl (C=O) groups excluding carboxylic acids is 1. The maximum absolute atomic E-state index is 12.9. The van der Waals surface area contributed by atoms with E-state index in [2.05, 4.69) is 10.1 Å². The Kier molecular flexibility index (Phi) is 5.79. The van der Waals surface area contributed by atoms with Crippen LogP contribution in [0.3, 0.4) is 0 Å². The third-order valence-corrected chi connectivity index (χ3v) is 4.25. The van der Waals surface area contributed by atoms with E-state index in [1.807, 2.05) is 30.3 Å². The first-order chi connectivity index (χ1) is 12.2. The number of carbonyl (C=O) groups is 1. The van der Waals surface area contributed by atoms with Crippen molar-refractivity contribution in [2.24, 2.45) is 0 Å². The van der Waals surface area contributed by atoms with Crippen LogP contribution < -0.4 is 0 Å². The summed E-state index contributed by atoms with van der Waals surface area (Å²) in [6.07, 6.45) is 0.294. The first-order valence-corrected chi connectivity index (χ1v) is 8.61. The summed E-state index contributed by atoms with van der Waals surface area (Å²) >= 11 is 1.59. The van der Waals surface area contributed by atoms with Crippen LogP contribution in [0.25, 0.3) is 11.5 Å². The minimum absolute atomic E-state index is 0.0560. The van der Waals surface area contributed by atoms with Gasteiger partial charge in [-0.15, -0.1) is 11.8 Å². The lowest BCUT2D eigenvalue weighted by molar-refractivity contribution is -0.144. The van der Waals surface area contributed by atoms with Crippen LogP contribution in [0.2, 0.25) is 0 Å². The molecule has 0 amide bonds. The van der Waals surface area contributed by atoms with Crippen LogP contribution in [0.1, 0.15) is 12.2 Å². The monoisotopic (exact) mass is 358 g/mol. The van der Waals surface area contributed by atoms with Gasteiger partial charge in [0.1, 0.15) is 5.82 Å². The van der Waals surface area contributed by atoms with E-state index in [4.69, 9.17) is 9.26 Å². The highest BCUT2D eigenvalue weighted by atomic mass is 32.2. The molecule has 25 heavy (non-hydrogen) atoms. The minimum atomic E-state index is -0.342. The predicted molar refractivity (Wildman–Crippen MR) is 91.3 cm³/mol. The van der Waals surface area contributed by atoms with E-state index in [0.29, 0.717) is 17.7 Å². The average molecular weight is 358 g/mol. The zero-order valence-corrected chi connectivity index (χ0v) is 14.0. The normalized spacial score (nSPS) is 10.6. The van der Waals surface area contributed by atoms with Gasteiger partial charge in [-0.3, -0.25) is 4.79 Å². The Balaban J connectivity index is 1.44. The molecule has 0 radical (unpaired) electrons. The number of thioether (sulfide) groups is 1. The van der Waals surface area contributed by atoms with E-state index >= 15 is 0 Å². The number of ether oxygens (including phenoxy) is 1. The lowest BCUT2D eigenvalue weighted by Gasteiger charge is -2.02. The molecule has 0 aliphatic carbocycles. The van der Waals surface area contributed by atoms with Crippen LogP contribution in [-0.2, 0) is 16.1 Å². The van der Waals surface area contributed by atoms with Crippen LogP contribution >= 0.6 is 11.8 Å². The largest absolute Gasteiger partial charge is 0.457 e. The fourth-order valence-corrected chi connectivity index (χ4v) is 2.86. The molecular formula is C18H15FN2O3S. The molecule has 0 bridgehead atoms. The van der Waals surface area contributed by atoms with Gasteiger partial charge in [0.2, 0.25) is 5.82 Å². The predicted octanol–water partition coefficient (Wildman–Crippen LogP) is 4.10. The van der Waals surface area contributed by atoms with Gasteiger partial charge in [-0.1, -0.05) is 23.4 Å². The molecule has 0 saturated carbocycles. The standard InChI is InChI=1S/C18H15FN2O3S/c19-14-8-6-13(7-9-14)18-20-16(21-24-18)12-23-17(22)10-11-25-15-4-2-1-3-5-15/h1-9H,10-12H2. The second-order valence-corrected chi connectivity index (χ2v) is 6.26. The molecule has 0 fully saturated rings. The Morgan fingerprint density at radius 3 is 2.64 bits per heavy atom. The van der Waals surface area contributed by atoms with Crippen LogP contribution in [0, 0.1) is 5.82 Å². The molecule has 0 spiro atoms. The zero-order chi connectivity index (χ0) is 17.5. The van der Waals surface area contributed by atoms with Gasteiger partial charge >= 0.3 is 5.97 Å². The second-order valence-electron chi connectivity index (χ2n) is 5.09. The van der Waals surface area contributed by atoms with Crippen molar-refractivity contribution in [3.05, 3.63) is 66.2 Å². The average Bonchev–Trinajstić information content (AvgIpc) is 3.10. The van der Waals surface area contributed by atoms with Gasteiger partial charge in [0.15, 0.2) is 6.61 Å². The van der Waals surface area contributed by atoms with Crippen molar-refractivity contribution in [2.75, 3.05) is 5.75 Å². The summed E-state index contributed by atoms with van der Waals surface area (Å²) in [4.78, 5) is 17.0. The van der Waals surface area contributed by atoms with E-state index in [0.717, 1.165) is 4.90 Å². The quantitative estimate of drug-likeness (QED) is 0.468. The summed E-state index contributed by atoms with van der Waals surface area (Å²) in [6, 6.07) is 15.5. The number of esters is 1. The Morgan fingerprint density at radius 2 is 1.88 bits per heavy atom. The Morgan fingerprint density at radius 1 is 1.12 bits per heavy atom. The van der Waals surface area contributed by atoms with Crippen LogP contribution in [0.5, 0.6) is 0 Å². The van der Waals surface area contributed by atoms with Crippen LogP contribution in [-0.4, -0.2) is 21.9 Å². The smallest absolute Gasteiger partial charge is 0.307 e. The van der Waals surface area contributed by atoms with Crippen molar-refractivity contribution in [2.45, 2.75) is 17.9 Å². The molecule has 0 saturated heterocycles. The Bertz CT molecular complexity index is 822. The summed E-state index contributed by atoms with van der Waals surface area (Å²) in [5.74, 6) is 0.493. The molecule has 128 valence electrons. The number of aromatic nitrogens is 2. The number of nitrogens with zero attached hydrogens (tertiary/aromatic N) is 2. The molecule has 5 nitrogen and oxygen atoms in total. The minimum Gasteiger partial charge on any atom is -0.457 e. The second kappa shape index (κ2) is 8.43. The SMILES string of the molecule is O=C(CCSc1ccccc1)OCc1noc(-c2ccc(F)cc2)n1. The molecule has 3 rings (SSSR count). The highest BCUT2D eigenvalue weighted by Gasteiger charge is 2.11. The summed E-state index contributed by atoms with van der Waals surface area (Å²) in [7, 11) is 0. The first kappa shape index (κ1) is 17.2. The maximum atomic E-state index is 12.9. The van der Waals surface area contributed by atoms with Gasteiger partial charge in [-0.2, -0.15) is 4.98 Å². The van der Waals surface area contributed by atoms with Crippen LogP contribution in [0.4, 0.5) is 4.39 Å². The highest BCUT2D eigenvalue weighted by Crippen LogP contribution is 2.19. The van der Waals surface area contributed by atoms with Crippen molar-refractivity contribution >= 4 is 17.7 Å². The van der Waals surface area contributed by atoms with Crippen LogP contribution in [0.15, 0.2) is 64.0 Å². The van der Waals surface area contributed by atoms with E-state index in [1.54, 1.807) is 23.9 Å². The van der Waals surface area contributed by atoms with Gasteiger partial charge in [-0.25, -0.2) is 4.39 Å². The molecule has 2 aromatic carbocycles. The van der Waals surface area contributed by atoms with Crippen molar-refractivity contribution in [1.82, 2.24) is 10.1 Å². The highest BCUT2D eigenvalue weighted by molar-refractivity contribution is 7.99. The van der Waals surface area contributed by atoms with Crippen molar-refractivity contribution in [3.63, 3.8) is 0 Å². The fourth-order valence-electron chi connectivity index (χ4n) is 2.01. The number of halogens is 1. The molecule has 0 aliphatic rings. The molecule has 1 heterocycles. The third-order valence-electron chi connectivity index (χ3n) is 3.24. The molecule has 1 aromatic heterocycles. The van der Waals surface area contributed by atoms with Gasteiger partial charge < -0.3 is 9.26 Å². The lowest BCUT2D eigenvalue weighted by atomic mass is 10.2. The summed E-state index contributed by atoms with van der Waals surface area (Å²) in [5, 5.41) is 3.75. The van der Waals surface area contributed by atoms with Gasteiger partial charge in [0.05, 0.1) is 6.42 Å². The number of benzene rings is 2.